The molecule has 3 N–H and O–H groups in total. The SMILES string of the molecule is CCN(CC)C(=O)C(C)NC(=O)c1cn(CCN)cn1. The minimum atomic E-state index is -0.568. The van der Waals surface area contributed by atoms with E-state index in [1.54, 1.807) is 28.9 Å². The van der Waals surface area contributed by atoms with Crippen LogP contribution in [0.3, 0.4) is 0 Å². The van der Waals surface area contributed by atoms with Crippen LogP contribution in [0.4, 0.5) is 0 Å². The topological polar surface area (TPSA) is 93.2 Å². The largest absolute Gasteiger partial charge is 0.341 e. The number of nitrogens with one attached hydrogen (secondary N) is 1. The van der Waals surface area contributed by atoms with Crippen molar-refractivity contribution >= 4 is 11.8 Å². The smallest absolute Gasteiger partial charge is 0.272 e. The van der Waals surface area contributed by atoms with Crippen molar-refractivity contribution in [3.8, 4) is 0 Å². The fourth-order valence-electron chi connectivity index (χ4n) is 1.89. The average Bonchev–Trinajstić information content (AvgIpc) is 2.89. The average molecular weight is 281 g/mol. The molecule has 1 heterocycles. The van der Waals surface area contributed by atoms with E-state index in [1.807, 2.05) is 13.8 Å². The molecule has 0 aromatic carbocycles. The van der Waals surface area contributed by atoms with E-state index in [1.165, 1.54) is 0 Å². The summed E-state index contributed by atoms with van der Waals surface area (Å²) in [5.74, 6) is -0.446. The van der Waals surface area contributed by atoms with Gasteiger partial charge in [0.2, 0.25) is 5.91 Å². The van der Waals surface area contributed by atoms with Gasteiger partial charge in [-0.2, -0.15) is 0 Å². The van der Waals surface area contributed by atoms with Gasteiger partial charge < -0.3 is 20.5 Å². The second kappa shape index (κ2) is 7.64. The molecule has 1 atom stereocenters. The number of carbonyl (C=O) groups is 2. The molecule has 0 saturated heterocycles. The third kappa shape index (κ3) is 4.06. The van der Waals surface area contributed by atoms with E-state index < -0.39 is 6.04 Å². The number of imidazole rings is 1. The Labute approximate surface area is 119 Å². The summed E-state index contributed by atoms with van der Waals surface area (Å²) in [6, 6.07) is -0.568. The Kier molecular flexibility index (Phi) is 6.17. The molecule has 0 aliphatic heterocycles. The van der Waals surface area contributed by atoms with Crippen LogP contribution in [0.15, 0.2) is 12.5 Å². The van der Waals surface area contributed by atoms with Crippen molar-refractivity contribution < 1.29 is 9.59 Å². The Morgan fingerprint density at radius 1 is 1.45 bits per heavy atom. The lowest BCUT2D eigenvalue weighted by molar-refractivity contribution is -0.132. The van der Waals surface area contributed by atoms with Crippen molar-refractivity contribution in [1.29, 1.82) is 0 Å². The number of amides is 2. The van der Waals surface area contributed by atoms with Gasteiger partial charge in [-0.1, -0.05) is 0 Å². The summed E-state index contributed by atoms with van der Waals surface area (Å²) in [6.07, 6.45) is 3.18. The lowest BCUT2D eigenvalue weighted by Crippen LogP contribution is -2.46. The Bertz CT molecular complexity index is 453. The Morgan fingerprint density at radius 3 is 2.65 bits per heavy atom. The summed E-state index contributed by atoms with van der Waals surface area (Å²) in [6.45, 7) is 7.83. The van der Waals surface area contributed by atoms with Crippen LogP contribution >= 0.6 is 0 Å². The third-order valence-electron chi connectivity index (χ3n) is 3.05. The first kappa shape index (κ1) is 16.2. The number of hydrogen-bond acceptors (Lipinski definition) is 4. The maximum absolute atomic E-state index is 12.0. The Morgan fingerprint density at radius 2 is 2.10 bits per heavy atom. The summed E-state index contributed by atoms with van der Waals surface area (Å²) in [5.41, 5.74) is 5.72. The fraction of sp³-hybridized carbons (Fsp3) is 0.615. The first-order valence-corrected chi connectivity index (χ1v) is 6.84. The van der Waals surface area contributed by atoms with Gasteiger partial charge in [0.05, 0.1) is 6.33 Å². The molecule has 1 unspecified atom stereocenters. The maximum atomic E-state index is 12.0. The van der Waals surface area contributed by atoms with Crippen LogP contribution in [-0.2, 0) is 11.3 Å². The molecule has 112 valence electrons. The molecule has 0 fully saturated rings. The van der Waals surface area contributed by atoms with Gasteiger partial charge in [0.15, 0.2) is 0 Å². The maximum Gasteiger partial charge on any atom is 0.272 e. The molecular weight excluding hydrogens is 258 g/mol. The van der Waals surface area contributed by atoms with Crippen LogP contribution in [0.25, 0.3) is 0 Å². The summed E-state index contributed by atoms with van der Waals surface area (Å²) >= 11 is 0. The molecule has 1 aromatic rings. The first-order valence-electron chi connectivity index (χ1n) is 6.84. The van der Waals surface area contributed by atoms with Gasteiger partial charge in [0.25, 0.3) is 5.91 Å². The standard InChI is InChI=1S/C13H23N5O2/c1-4-18(5-2)13(20)10(3)16-12(19)11-8-17(7-6-14)9-15-11/h8-10H,4-7,14H2,1-3H3,(H,16,19). The van der Waals surface area contributed by atoms with E-state index in [4.69, 9.17) is 5.73 Å². The molecule has 1 aromatic heterocycles. The quantitative estimate of drug-likeness (QED) is 0.725. The van der Waals surface area contributed by atoms with Crippen molar-refractivity contribution in [2.24, 2.45) is 5.73 Å². The third-order valence-corrected chi connectivity index (χ3v) is 3.05. The molecule has 7 nitrogen and oxygen atoms in total. The number of carbonyl (C=O) groups excluding carboxylic acids is 2. The fourth-order valence-corrected chi connectivity index (χ4v) is 1.89. The van der Waals surface area contributed by atoms with Gasteiger partial charge in [0, 0.05) is 32.4 Å². The number of nitrogens with zero attached hydrogens (tertiary/aromatic N) is 3. The summed E-state index contributed by atoms with van der Waals surface area (Å²) in [4.78, 5) is 29.7. The number of likely N-dealkylation sites (N-methyl/N-ethyl adjacent to an activating group) is 1. The highest BCUT2D eigenvalue weighted by molar-refractivity contribution is 5.95. The minimum absolute atomic E-state index is 0.0928. The molecule has 0 aliphatic rings. The van der Waals surface area contributed by atoms with Crippen molar-refractivity contribution in [2.45, 2.75) is 33.4 Å². The van der Waals surface area contributed by atoms with Gasteiger partial charge in [-0.25, -0.2) is 4.98 Å². The van der Waals surface area contributed by atoms with E-state index >= 15 is 0 Å². The highest BCUT2D eigenvalue weighted by Crippen LogP contribution is 1.99. The van der Waals surface area contributed by atoms with Crippen LogP contribution in [0.2, 0.25) is 0 Å². The molecule has 0 saturated carbocycles. The van der Waals surface area contributed by atoms with Crippen LogP contribution in [0.1, 0.15) is 31.3 Å². The second-order valence-corrected chi connectivity index (χ2v) is 4.49. The Balaban J connectivity index is 2.62. The lowest BCUT2D eigenvalue weighted by atomic mass is 10.2. The number of aromatic nitrogens is 2. The second-order valence-electron chi connectivity index (χ2n) is 4.49. The van der Waals surface area contributed by atoms with E-state index in [2.05, 4.69) is 10.3 Å². The van der Waals surface area contributed by atoms with Gasteiger partial charge in [0.1, 0.15) is 11.7 Å². The van der Waals surface area contributed by atoms with Crippen LogP contribution in [0.5, 0.6) is 0 Å². The van der Waals surface area contributed by atoms with Crippen molar-refractivity contribution in [1.82, 2.24) is 19.8 Å². The molecule has 20 heavy (non-hydrogen) atoms. The van der Waals surface area contributed by atoms with E-state index in [-0.39, 0.29) is 17.5 Å². The van der Waals surface area contributed by atoms with Gasteiger partial charge in [-0.3, -0.25) is 9.59 Å². The van der Waals surface area contributed by atoms with Gasteiger partial charge in [-0.15, -0.1) is 0 Å². The van der Waals surface area contributed by atoms with E-state index in [0.717, 1.165) is 0 Å². The predicted molar refractivity (Wildman–Crippen MR) is 76.1 cm³/mol. The summed E-state index contributed by atoms with van der Waals surface area (Å²) in [7, 11) is 0. The number of hydrogen-bond donors (Lipinski definition) is 2. The highest BCUT2D eigenvalue weighted by Gasteiger charge is 2.21. The van der Waals surface area contributed by atoms with Crippen molar-refractivity contribution in [3.05, 3.63) is 18.2 Å². The highest BCUT2D eigenvalue weighted by atomic mass is 16.2. The van der Waals surface area contributed by atoms with Gasteiger partial charge in [-0.05, 0) is 20.8 Å². The zero-order valence-corrected chi connectivity index (χ0v) is 12.3. The monoisotopic (exact) mass is 281 g/mol. The lowest BCUT2D eigenvalue weighted by Gasteiger charge is -2.23. The first-order chi connectivity index (χ1) is 9.53. The molecule has 7 heteroatoms. The minimum Gasteiger partial charge on any atom is -0.341 e. The van der Waals surface area contributed by atoms with Crippen molar-refractivity contribution in [2.75, 3.05) is 19.6 Å². The number of nitrogens with two attached hydrogens (primary N) is 1. The predicted octanol–water partition coefficient (Wildman–Crippen LogP) is -0.171. The van der Waals surface area contributed by atoms with Crippen LogP contribution in [-0.4, -0.2) is 51.9 Å². The Hall–Kier alpha value is -1.89. The molecular formula is C13H23N5O2. The summed E-state index contributed by atoms with van der Waals surface area (Å²) < 4.78 is 1.74. The van der Waals surface area contributed by atoms with E-state index in [0.29, 0.717) is 26.2 Å². The molecule has 0 spiro atoms. The zero-order valence-electron chi connectivity index (χ0n) is 12.3. The molecule has 2 amide bonds. The van der Waals surface area contributed by atoms with Gasteiger partial charge >= 0.3 is 0 Å². The molecule has 0 aliphatic carbocycles. The van der Waals surface area contributed by atoms with Crippen LogP contribution in [0, 0.1) is 0 Å². The van der Waals surface area contributed by atoms with Crippen LogP contribution < -0.4 is 11.1 Å². The molecule has 0 radical (unpaired) electrons. The normalized spacial score (nSPS) is 12.0. The molecule has 1 rings (SSSR count). The molecule has 0 bridgehead atoms. The zero-order chi connectivity index (χ0) is 15.1. The number of rotatable bonds is 7. The van der Waals surface area contributed by atoms with Crippen molar-refractivity contribution in [3.63, 3.8) is 0 Å². The summed E-state index contributed by atoms with van der Waals surface area (Å²) in [5, 5.41) is 2.66. The van der Waals surface area contributed by atoms with E-state index in [9.17, 15) is 9.59 Å².